The number of carbonyl (C=O) groups is 2. The number of carboxylic acid groups (broad SMARTS) is 2. The van der Waals surface area contributed by atoms with Gasteiger partial charge in [-0.05, 0) is 121 Å². The third-order valence-electron chi connectivity index (χ3n) is 15.8. The second-order valence-corrected chi connectivity index (χ2v) is 18.4. The number of carboxylic acids is 2. The lowest BCUT2D eigenvalue weighted by molar-refractivity contribution is -0.238. The maximum atomic E-state index is 12.9. The molecule has 0 aromatic carbocycles. The molecule has 0 aromatic rings. The number of fused-ring (bicyclic) bond motifs is 7. The lowest BCUT2D eigenvalue weighted by Gasteiger charge is -2.71. The van der Waals surface area contributed by atoms with E-state index < -0.39 is 47.9 Å². The van der Waals surface area contributed by atoms with Crippen molar-refractivity contribution in [1.82, 2.24) is 0 Å². The molecule has 0 radical (unpaired) electrons. The first kappa shape index (κ1) is 33.4. The number of rotatable bonds is 4. The lowest BCUT2D eigenvalue weighted by Crippen LogP contribution is -2.65. The van der Waals surface area contributed by atoms with Gasteiger partial charge in [0, 0.05) is 0 Å². The standard InChI is InChI=1S/C37H58O8/c1-32(2)14-16-37(31(43)44)17-15-35(6)21(22(37)19-32)8-9-25-34(5)12-10-20(33(3,4)24(34)11-13-36(25,35)7)18-23-26(38)27(39)28(40)29(45-23)30(41)42/h8,20,22-29,38-40H,9-19H2,1-7H3,(H,41,42)(H,43,44)/t20-,22?,23+,24?,25?,26?,27?,28+,29?,34+,35-,36-,37+/m1/s1. The van der Waals surface area contributed by atoms with E-state index in [-0.39, 0.29) is 38.9 Å². The van der Waals surface area contributed by atoms with E-state index in [2.05, 4.69) is 54.5 Å². The molecule has 1 heterocycles. The van der Waals surface area contributed by atoms with Crippen molar-refractivity contribution in [3.05, 3.63) is 11.6 Å². The zero-order valence-corrected chi connectivity index (χ0v) is 28.5. The fourth-order valence-electron chi connectivity index (χ4n) is 12.8. The molecular weight excluding hydrogens is 572 g/mol. The van der Waals surface area contributed by atoms with Gasteiger partial charge in [-0.25, -0.2) is 4.79 Å². The van der Waals surface area contributed by atoms with Gasteiger partial charge in [0.15, 0.2) is 6.10 Å². The Morgan fingerprint density at radius 3 is 2.13 bits per heavy atom. The summed E-state index contributed by atoms with van der Waals surface area (Å²) in [5.74, 6) is -0.786. The van der Waals surface area contributed by atoms with E-state index in [4.69, 9.17) is 4.74 Å². The van der Waals surface area contributed by atoms with E-state index in [0.29, 0.717) is 18.3 Å². The minimum absolute atomic E-state index is 0.0369. The zero-order valence-electron chi connectivity index (χ0n) is 28.5. The van der Waals surface area contributed by atoms with Gasteiger partial charge in [0.25, 0.3) is 0 Å². The van der Waals surface area contributed by atoms with Crippen LogP contribution in [0.3, 0.4) is 0 Å². The van der Waals surface area contributed by atoms with Crippen LogP contribution in [0.15, 0.2) is 11.6 Å². The Balaban J connectivity index is 1.29. The number of aliphatic carboxylic acids is 2. The van der Waals surface area contributed by atoms with E-state index in [1.807, 2.05) is 0 Å². The molecule has 8 heteroatoms. The molecule has 0 amide bonds. The Labute approximate surface area is 269 Å². The van der Waals surface area contributed by atoms with Gasteiger partial charge in [-0.2, -0.15) is 0 Å². The summed E-state index contributed by atoms with van der Waals surface area (Å²) in [7, 11) is 0. The number of hydrogen-bond donors (Lipinski definition) is 5. The lowest BCUT2D eigenvalue weighted by atomic mass is 9.33. The van der Waals surface area contributed by atoms with Crippen LogP contribution in [0.5, 0.6) is 0 Å². The molecule has 5 N–H and O–H groups in total. The van der Waals surface area contributed by atoms with Gasteiger partial charge in [-0.3, -0.25) is 4.79 Å². The highest BCUT2D eigenvalue weighted by molar-refractivity contribution is 5.76. The normalized spacial score (nSPS) is 51.9. The molecule has 13 atom stereocenters. The summed E-state index contributed by atoms with van der Waals surface area (Å²) in [6.45, 7) is 16.8. The summed E-state index contributed by atoms with van der Waals surface area (Å²) in [4.78, 5) is 24.7. The highest BCUT2D eigenvalue weighted by atomic mass is 16.6. The predicted octanol–water partition coefficient (Wildman–Crippen LogP) is 5.81. The number of aliphatic hydroxyl groups is 3. The van der Waals surface area contributed by atoms with Gasteiger partial charge < -0.3 is 30.3 Å². The molecule has 0 aromatic heterocycles. The minimum atomic E-state index is -1.67. The maximum Gasteiger partial charge on any atom is 0.335 e. The number of hydrogen-bond acceptors (Lipinski definition) is 6. The quantitative estimate of drug-likeness (QED) is 0.245. The van der Waals surface area contributed by atoms with Gasteiger partial charge >= 0.3 is 11.9 Å². The van der Waals surface area contributed by atoms with Crippen LogP contribution in [0.4, 0.5) is 0 Å². The van der Waals surface area contributed by atoms with Gasteiger partial charge in [-0.1, -0.05) is 60.1 Å². The van der Waals surface area contributed by atoms with E-state index in [0.717, 1.165) is 64.2 Å². The van der Waals surface area contributed by atoms with E-state index >= 15 is 0 Å². The number of allylic oxidation sites excluding steroid dienone is 2. The average molecular weight is 631 g/mol. The fourth-order valence-corrected chi connectivity index (χ4v) is 12.8. The molecule has 6 aliphatic rings. The Morgan fingerprint density at radius 1 is 0.822 bits per heavy atom. The number of aliphatic hydroxyl groups excluding tert-OH is 3. The van der Waals surface area contributed by atoms with Crippen molar-refractivity contribution >= 4 is 11.9 Å². The first-order chi connectivity index (χ1) is 20.7. The van der Waals surface area contributed by atoms with Crippen LogP contribution in [0.2, 0.25) is 0 Å². The molecule has 1 saturated heterocycles. The predicted molar refractivity (Wildman–Crippen MR) is 169 cm³/mol. The molecule has 6 rings (SSSR count). The van der Waals surface area contributed by atoms with Crippen LogP contribution in [0, 0.1) is 56.2 Å². The smallest absolute Gasteiger partial charge is 0.335 e. The van der Waals surface area contributed by atoms with Crippen molar-refractivity contribution in [2.24, 2.45) is 56.2 Å². The van der Waals surface area contributed by atoms with Crippen molar-refractivity contribution in [3.63, 3.8) is 0 Å². The summed E-state index contributed by atoms with van der Waals surface area (Å²) in [5.41, 5.74) is 0.938. The maximum absolute atomic E-state index is 12.9. The van der Waals surface area contributed by atoms with Crippen LogP contribution in [-0.4, -0.2) is 68.0 Å². The fraction of sp³-hybridized carbons (Fsp3) is 0.892. The summed E-state index contributed by atoms with van der Waals surface area (Å²) >= 11 is 0. The number of ether oxygens (including phenoxy) is 1. The van der Waals surface area contributed by atoms with Crippen molar-refractivity contribution in [3.8, 4) is 0 Å². The molecule has 254 valence electrons. The van der Waals surface area contributed by atoms with Crippen LogP contribution < -0.4 is 0 Å². The van der Waals surface area contributed by atoms with Crippen molar-refractivity contribution in [1.29, 1.82) is 0 Å². The topological polar surface area (TPSA) is 145 Å². The molecule has 5 fully saturated rings. The van der Waals surface area contributed by atoms with Crippen LogP contribution in [0.25, 0.3) is 0 Å². The Kier molecular flexibility index (Phi) is 7.80. The second kappa shape index (κ2) is 10.5. The zero-order chi connectivity index (χ0) is 33.1. The van der Waals surface area contributed by atoms with Crippen molar-refractivity contribution in [2.45, 2.75) is 150 Å². The molecule has 45 heavy (non-hydrogen) atoms. The van der Waals surface area contributed by atoms with Crippen LogP contribution in [-0.2, 0) is 14.3 Å². The average Bonchev–Trinajstić information content (AvgIpc) is 2.94. The third kappa shape index (κ3) is 4.58. The SMILES string of the molecule is CC1(C)CC[C@]2(C(=O)O)CC[C@]3(C)C(=CCC4[C@@]5(C)CC[C@H](C[C@@H]6OC(C(=O)O)[C@@H](O)C(O)C6O)C(C)(C)C5CC[C@]43C)C2C1. The Hall–Kier alpha value is -1.48. The molecular formula is C37H58O8. The first-order valence-electron chi connectivity index (χ1n) is 17.6. The summed E-state index contributed by atoms with van der Waals surface area (Å²) in [6.07, 6.45) is 5.41. The first-order valence-corrected chi connectivity index (χ1v) is 17.6. The molecule has 5 aliphatic carbocycles. The molecule has 0 spiro atoms. The van der Waals surface area contributed by atoms with Crippen LogP contribution in [0.1, 0.15) is 119 Å². The summed E-state index contributed by atoms with van der Waals surface area (Å²) in [5, 5.41) is 51.7. The second-order valence-electron chi connectivity index (χ2n) is 18.4. The van der Waals surface area contributed by atoms with Gasteiger partial charge in [0.2, 0.25) is 0 Å². The molecule has 6 unspecified atom stereocenters. The summed E-state index contributed by atoms with van der Waals surface area (Å²) in [6, 6.07) is 0. The van der Waals surface area contributed by atoms with Crippen molar-refractivity contribution in [2.75, 3.05) is 0 Å². The van der Waals surface area contributed by atoms with E-state index in [1.54, 1.807) is 0 Å². The largest absolute Gasteiger partial charge is 0.481 e. The highest BCUT2D eigenvalue weighted by Gasteiger charge is 2.69. The summed E-state index contributed by atoms with van der Waals surface area (Å²) < 4.78 is 5.75. The monoisotopic (exact) mass is 630 g/mol. The van der Waals surface area contributed by atoms with Gasteiger partial charge in [0.1, 0.15) is 18.3 Å². The minimum Gasteiger partial charge on any atom is -0.481 e. The Morgan fingerprint density at radius 2 is 1.49 bits per heavy atom. The Bertz CT molecular complexity index is 1260. The third-order valence-corrected chi connectivity index (χ3v) is 15.8. The molecule has 4 saturated carbocycles. The van der Waals surface area contributed by atoms with E-state index in [9.17, 15) is 35.1 Å². The van der Waals surface area contributed by atoms with Crippen LogP contribution >= 0.6 is 0 Å². The van der Waals surface area contributed by atoms with Gasteiger partial charge in [0.05, 0.1) is 11.5 Å². The van der Waals surface area contributed by atoms with Crippen molar-refractivity contribution < 1.29 is 39.9 Å². The van der Waals surface area contributed by atoms with E-state index in [1.165, 1.54) is 5.57 Å². The van der Waals surface area contributed by atoms with Gasteiger partial charge in [-0.15, -0.1) is 0 Å². The molecule has 0 bridgehead atoms. The molecule has 1 aliphatic heterocycles. The highest BCUT2D eigenvalue weighted by Crippen LogP contribution is 2.76. The molecule has 8 nitrogen and oxygen atoms in total.